The van der Waals surface area contributed by atoms with E-state index in [1.807, 2.05) is 12.1 Å². The molecule has 0 radical (unpaired) electrons. The molecule has 18 heavy (non-hydrogen) atoms. The summed E-state index contributed by atoms with van der Waals surface area (Å²) in [6, 6.07) is 5.94. The Hall–Kier alpha value is -1.64. The zero-order chi connectivity index (χ0) is 12.5. The summed E-state index contributed by atoms with van der Waals surface area (Å²) in [5.41, 5.74) is 7.32. The van der Waals surface area contributed by atoms with E-state index in [0.717, 1.165) is 25.1 Å². The maximum absolute atomic E-state index is 9.01. The standard InChI is InChI=1S/C13H16N4O/c14-7-10-9(4-1-5-16-10)17-12-11(15)8-3-2-6-18-13(8)12/h1,4-5,8,11-13,17H,2-3,6,15H2. The molecule has 0 aromatic carbocycles. The number of fused-ring (bicyclic) bond motifs is 1. The van der Waals surface area contributed by atoms with E-state index < -0.39 is 0 Å². The van der Waals surface area contributed by atoms with Crippen LogP contribution in [0.25, 0.3) is 0 Å². The lowest BCUT2D eigenvalue weighted by molar-refractivity contribution is -0.104. The number of nitriles is 1. The van der Waals surface area contributed by atoms with Gasteiger partial charge in [-0.25, -0.2) is 4.98 Å². The molecule has 0 spiro atoms. The van der Waals surface area contributed by atoms with Gasteiger partial charge >= 0.3 is 0 Å². The third-order valence-corrected chi connectivity index (χ3v) is 3.91. The number of pyridine rings is 1. The third-order valence-electron chi connectivity index (χ3n) is 3.91. The molecule has 1 aromatic heterocycles. The average molecular weight is 244 g/mol. The van der Waals surface area contributed by atoms with Crippen molar-refractivity contribution in [3.05, 3.63) is 24.0 Å². The Bertz CT molecular complexity index is 484. The first-order valence-corrected chi connectivity index (χ1v) is 6.30. The summed E-state index contributed by atoms with van der Waals surface area (Å²) in [6.07, 6.45) is 4.03. The molecule has 3 rings (SSSR count). The van der Waals surface area contributed by atoms with E-state index in [1.165, 1.54) is 0 Å². The second-order valence-electron chi connectivity index (χ2n) is 4.90. The first-order chi connectivity index (χ1) is 8.81. The van der Waals surface area contributed by atoms with Crippen LogP contribution in [0, 0.1) is 17.2 Å². The van der Waals surface area contributed by atoms with Gasteiger partial charge in [-0.3, -0.25) is 0 Å². The van der Waals surface area contributed by atoms with Crippen molar-refractivity contribution in [3.63, 3.8) is 0 Å². The van der Waals surface area contributed by atoms with Crippen molar-refractivity contribution >= 4 is 5.69 Å². The molecule has 1 saturated carbocycles. The smallest absolute Gasteiger partial charge is 0.163 e. The Morgan fingerprint density at radius 3 is 3.28 bits per heavy atom. The maximum atomic E-state index is 9.01. The zero-order valence-electron chi connectivity index (χ0n) is 10.0. The Kier molecular flexibility index (Phi) is 2.90. The number of hydrogen-bond acceptors (Lipinski definition) is 5. The Balaban J connectivity index is 1.75. The van der Waals surface area contributed by atoms with E-state index in [-0.39, 0.29) is 18.2 Å². The summed E-state index contributed by atoms with van der Waals surface area (Å²) >= 11 is 0. The highest BCUT2D eigenvalue weighted by Crippen LogP contribution is 2.38. The van der Waals surface area contributed by atoms with Gasteiger partial charge in [0.15, 0.2) is 5.69 Å². The predicted molar refractivity (Wildman–Crippen MR) is 66.8 cm³/mol. The van der Waals surface area contributed by atoms with Gasteiger partial charge in [-0.05, 0) is 25.0 Å². The minimum atomic E-state index is 0.0894. The SMILES string of the molecule is N#Cc1ncccc1NC1C(N)C2CCCOC21. The van der Waals surface area contributed by atoms with Crippen LogP contribution in [-0.2, 0) is 4.74 Å². The lowest BCUT2D eigenvalue weighted by Gasteiger charge is -2.52. The molecule has 1 aromatic rings. The first-order valence-electron chi connectivity index (χ1n) is 6.30. The van der Waals surface area contributed by atoms with Gasteiger partial charge in [-0.15, -0.1) is 0 Å². The van der Waals surface area contributed by atoms with Crippen LogP contribution in [0.5, 0.6) is 0 Å². The van der Waals surface area contributed by atoms with Crippen LogP contribution in [0.4, 0.5) is 5.69 Å². The Labute approximate surface area is 106 Å². The molecule has 2 fully saturated rings. The van der Waals surface area contributed by atoms with Crippen LogP contribution >= 0.6 is 0 Å². The fourth-order valence-electron chi connectivity index (χ4n) is 2.92. The molecule has 94 valence electrons. The number of rotatable bonds is 2. The summed E-state index contributed by atoms with van der Waals surface area (Å²) in [4.78, 5) is 4.03. The van der Waals surface area contributed by atoms with E-state index in [4.69, 9.17) is 15.7 Å². The lowest BCUT2D eigenvalue weighted by Crippen LogP contribution is -2.69. The van der Waals surface area contributed by atoms with E-state index in [1.54, 1.807) is 6.20 Å². The molecular weight excluding hydrogens is 228 g/mol. The molecule has 4 atom stereocenters. The monoisotopic (exact) mass is 244 g/mol. The molecule has 1 aliphatic heterocycles. The summed E-state index contributed by atoms with van der Waals surface area (Å²) < 4.78 is 5.76. The molecule has 0 bridgehead atoms. The van der Waals surface area contributed by atoms with Crippen LogP contribution in [0.2, 0.25) is 0 Å². The highest BCUT2D eigenvalue weighted by atomic mass is 16.5. The van der Waals surface area contributed by atoms with Crippen molar-refractivity contribution in [2.24, 2.45) is 11.7 Å². The fraction of sp³-hybridized carbons (Fsp3) is 0.538. The number of hydrogen-bond donors (Lipinski definition) is 2. The number of anilines is 1. The minimum Gasteiger partial charge on any atom is -0.376 e. The fourth-order valence-corrected chi connectivity index (χ4v) is 2.92. The summed E-state index contributed by atoms with van der Waals surface area (Å²) in [5.74, 6) is 0.457. The quantitative estimate of drug-likeness (QED) is 0.806. The lowest BCUT2D eigenvalue weighted by atomic mass is 9.68. The van der Waals surface area contributed by atoms with Crippen LogP contribution in [0.3, 0.4) is 0 Å². The summed E-state index contributed by atoms with van der Waals surface area (Å²) in [7, 11) is 0. The van der Waals surface area contributed by atoms with Crippen molar-refractivity contribution in [2.75, 3.05) is 11.9 Å². The second-order valence-corrected chi connectivity index (χ2v) is 4.90. The van der Waals surface area contributed by atoms with Gasteiger partial charge in [-0.2, -0.15) is 5.26 Å². The number of ether oxygens (including phenoxy) is 1. The molecule has 3 N–H and O–H groups in total. The number of aromatic nitrogens is 1. The third kappa shape index (κ3) is 1.74. The van der Waals surface area contributed by atoms with Gasteiger partial charge in [0, 0.05) is 24.8 Å². The van der Waals surface area contributed by atoms with E-state index in [0.29, 0.717) is 11.6 Å². The molecular formula is C13H16N4O. The van der Waals surface area contributed by atoms with Crippen LogP contribution in [-0.4, -0.2) is 29.8 Å². The average Bonchev–Trinajstić information content (AvgIpc) is 2.44. The topological polar surface area (TPSA) is 84.0 Å². The van der Waals surface area contributed by atoms with Crippen molar-refractivity contribution < 1.29 is 4.74 Å². The first kappa shape index (κ1) is 11.5. The Morgan fingerprint density at radius 1 is 1.56 bits per heavy atom. The van der Waals surface area contributed by atoms with Crippen LogP contribution < -0.4 is 11.1 Å². The summed E-state index contributed by atoms with van der Waals surface area (Å²) in [6.45, 7) is 0.810. The van der Waals surface area contributed by atoms with Gasteiger partial charge in [-0.1, -0.05) is 0 Å². The number of nitrogens with two attached hydrogens (primary N) is 1. The van der Waals surface area contributed by atoms with Crippen molar-refractivity contribution in [2.45, 2.75) is 31.0 Å². The molecule has 5 heteroatoms. The molecule has 1 saturated heterocycles. The van der Waals surface area contributed by atoms with Crippen LogP contribution in [0.15, 0.2) is 18.3 Å². The van der Waals surface area contributed by atoms with Gasteiger partial charge in [0.1, 0.15) is 6.07 Å². The Morgan fingerprint density at radius 2 is 2.44 bits per heavy atom. The minimum absolute atomic E-state index is 0.0894. The second kappa shape index (κ2) is 4.56. The van der Waals surface area contributed by atoms with Gasteiger partial charge in [0.25, 0.3) is 0 Å². The number of nitrogens with one attached hydrogen (secondary N) is 1. The van der Waals surface area contributed by atoms with Crippen LogP contribution in [0.1, 0.15) is 18.5 Å². The van der Waals surface area contributed by atoms with Gasteiger partial charge in [0.2, 0.25) is 0 Å². The van der Waals surface area contributed by atoms with Gasteiger partial charge < -0.3 is 15.8 Å². The highest BCUT2D eigenvalue weighted by molar-refractivity contribution is 5.55. The predicted octanol–water partition coefficient (Wildman–Crippen LogP) is 0.870. The van der Waals surface area contributed by atoms with E-state index in [9.17, 15) is 0 Å². The molecule has 2 heterocycles. The van der Waals surface area contributed by atoms with E-state index >= 15 is 0 Å². The van der Waals surface area contributed by atoms with Gasteiger partial charge in [0.05, 0.1) is 17.8 Å². The number of nitrogens with zero attached hydrogens (tertiary/aromatic N) is 2. The van der Waals surface area contributed by atoms with E-state index in [2.05, 4.69) is 16.4 Å². The molecule has 5 nitrogen and oxygen atoms in total. The van der Waals surface area contributed by atoms with Crippen molar-refractivity contribution in [3.8, 4) is 6.07 Å². The highest BCUT2D eigenvalue weighted by Gasteiger charge is 2.50. The largest absolute Gasteiger partial charge is 0.376 e. The molecule has 4 unspecified atom stereocenters. The normalized spacial score (nSPS) is 34.0. The zero-order valence-corrected chi connectivity index (χ0v) is 10.0. The molecule has 1 aliphatic carbocycles. The molecule has 0 amide bonds. The van der Waals surface area contributed by atoms with Crippen molar-refractivity contribution in [1.82, 2.24) is 4.98 Å². The maximum Gasteiger partial charge on any atom is 0.163 e. The van der Waals surface area contributed by atoms with Crippen molar-refractivity contribution in [1.29, 1.82) is 5.26 Å². The summed E-state index contributed by atoms with van der Waals surface area (Å²) in [5, 5.41) is 12.3. The molecule has 2 aliphatic rings.